The molecule has 2 aromatic carbocycles. The number of anilines is 1. The molecule has 0 fully saturated rings. The summed E-state index contributed by atoms with van der Waals surface area (Å²) in [7, 11) is 0. The number of hydrogen-bond donors (Lipinski definition) is 3. The molecule has 0 aliphatic rings. The lowest BCUT2D eigenvalue weighted by Crippen LogP contribution is -2.15. The van der Waals surface area contributed by atoms with Crippen LogP contribution < -0.4 is 5.32 Å². The van der Waals surface area contributed by atoms with Gasteiger partial charge in [0.2, 0.25) is 0 Å². The fourth-order valence-corrected chi connectivity index (χ4v) is 2.26. The van der Waals surface area contributed by atoms with Gasteiger partial charge in [0.1, 0.15) is 5.75 Å². The molecule has 0 aliphatic carbocycles. The topological polar surface area (TPSA) is 86.6 Å². The van der Waals surface area contributed by atoms with Crippen LogP contribution in [0, 0.1) is 0 Å². The summed E-state index contributed by atoms with van der Waals surface area (Å²) in [6.45, 7) is 0. The lowest BCUT2D eigenvalue weighted by atomic mass is 10.1. The van der Waals surface area contributed by atoms with Gasteiger partial charge in [-0.3, -0.25) is 4.79 Å². The van der Waals surface area contributed by atoms with Crippen LogP contribution in [-0.4, -0.2) is 22.1 Å². The maximum Gasteiger partial charge on any atom is 0.337 e. The third-order valence-electron chi connectivity index (χ3n) is 2.67. The SMILES string of the molecule is O=C(Nc1c(Cl)cc(Cl)cc1C(=O)O)c1ccccc1O. The molecule has 3 N–H and O–H groups in total. The number of carbonyl (C=O) groups excluding carboxylic acids is 1. The smallest absolute Gasteiger partial charge is 0.337 e. The van der Waals surface area contributed by atoms with Gasteiger partial charge in [-0.15, -0.1) is 0 Å². The molecule has 0 radical (unpaired) electrons. The molecular weight excluding hydrogens is 317 g/mol. The van der Waals surface area contributed by atoms with E-state index in [1.807, 2.05) is 0 Å². The number of halogens is 2. The van der Waals surface area contributed by atoms with Crippen LogP contribution in [-0.2, 0) is 0 Å². The third-order valence-corrected chi connectivity index (χ3v) is 3.19. The number of phenols is 1. The lowest BCUT2D eigenvalue weighted by molar-refractivity contribution is 0.0698. The first kappa shape index (κ1) is 15.2. The fourth-order valence-electron chi connectivity index (χ4n) is 1.72. The van der Waals surface area contributed by atoms with Gasteiger partial charge in [0.05, 0.1) is 21.8 Å². The first-order chi connectivity index (χ1) is 9.90. The highest BCUT2D eigenvalue weighted by Gasteiger charge is 2.19. The van der Waals surface area contributed by atoms with Crippen molar-refractivity contribution in [3.63, 3.8) is 0 Å². The van der Waals surface area contributed by atoms with Gasteiger partial charge in [0.15, 0.2) is 0 Å². The van der Waals surface area contributed by atoms with E-state index in [-0.39, 0.29) is 32.6 Å². The number of carbonyl (C=O) groups is 2. The molecule has 0 atom stereocenters. The van der Waals surface area contributed by atoms with Crippen LogP contribution in [0.3, 0.4) is 0 Å². The van der Waals surface area contributed by atoms with Gasteiger partial charge in [-0.1, -0.05) is 35.3 Å². The Hall–Kier alpha value is -2.24. The van der Waals surface area contributed by atoms with E-state index in [2.05, 4.69) is 5.32 Å². The van der Waals surface area contributed by atoms with Crippen LogP contribution in [0.25, 0.3) is 0 Å². The highest BCUT2D eigenvalue weighted by molar-refractivity contribution is 6.38. The zero-order valence-corrected chi connectivity index (χ0v) is 11.9. The van der Waals surface area contributed by atoms with E-state index in [1.165, 1.54) is 24.3 Å². The Balaban J connectivity index is 2.42. The molecule has 108 valence electrons. The Morgan fingerprint density at radius 3 is 2.33 bits per heavy atom. The van der Waals surface area contributed by atoms with E-state index in [9.17, 15) is 14.7 Å². The molecular formula is C14H9Cl2NO4. The summed E-state index contributed by atoms with van der Waals surface area (Å²) >= 11 is 11.7. The van der Waals surface area contributed by atoms with Crippen LogP contribution in [0.1, 0.15) is 20.7 Å². The minimum absolute atomic E-state index is 0.000134. The maximum absolute atomic E-state index is 12.1. The lowest BCUT2D eigenvalue weighted by Gasteiger charge is -2.11. The number of para-hydroxylation sites is 1. The second kappa shape index (κ2) is 6.03. The largest absolute Gasteiger partial charge is 0.507 e. The van der Waals surface area contributed by atoms with E-state index in [0.29, 0.717) is 0 Å². The molecule has 0 unspecified atom stereocenters. The van der Waals surface area contributed by atoms with Crippen molar-refractivity contribution in [3.05, 3.63) is 57.6 Å². The summed E-state index contributed by atoms with van der Waals surface area (Å²) < 4.78 is 0. The molecule has 1 amide bonds. The van der Waals surface area contributed by atoms with E-state index in [4.69, 9.17) is 28.3 Å². The number of carboxylic acids is 1. The molecule has 0 aliphatic heterocycles. The molecule has 0 aromatic heterocycles. The number of carboxylic acid groups (broad SMARTS) is 1. The molecule has 2 rings (SSSR count). The van der Waals surface area contributed by atoms with Crippen molar-refractivity contribution in [2.45, 2.75) is 0 Å². The van der Waals surface area contributed by atoms with Crippen molar-refractivity contribution >= 4 is 40.8 Å². The number of hydrogen-bond acceptors (Lipinski definition) is 3. The molecule has 0 heterocycles. The molecule has 5 nitrogen and oxygen atoms in total. The Bertz CT molecular complexity index is 731. The predicted octanol–water partition coefficient (Wildman–Crippen LogP) is 3.65. The average Bonchev–Trinajstić information content (AvgIpc) is 2.41. The third kappa shape index (κ3) is 3.26. The number of amides is 1. The first-order valence-electron chi connectivity index (χ1n) is 5.72. The van der Waals surface area contributed by atoms with Gasteiger partial charge >= 0.3 is 5.97 Å². The van der Waals surface area contributed by atoms with Crippen LogP contribution in [0.5, 0.6) is 5.75 Å². The molecule has 7 heteroatoms. The summed E-state index contributed by atoms with van der Waals surface area (Å²) in [6, 6.07) is 8.36. The van der Waals surface area contributed by atoms with Crippen molar-refractivity contribution in [1.82, 2.24) is 0 Å². The van der Waals surface area contributed by atoms with Gasteiger partial charge < -0.3 is 15.5 Å². The highest BCUT2D eigenvalue weighted by Crippen LogP contribution is 2.31. The van der Waals surface area contributed by atoms with Crippen molar-refractivity contribution in [3.8, 4) is 5.75 Å². The molecule has 2 aromatic rings. The van der Waals surface area contributed by atoms with E-state index < -0.39 is 11.9 Å². The minimum Gasteiger partial charge on any atom is -0.507 e. The quantitative estimate of drug-likeness (QED) is 0.803. The maximum atomic E-state index is 12.1. The molecule has 0 saturated carbocycles. The number of rotatable bonds is 3. The van der Waals surface area contributed by atoms with Crippen LogP contribution >= 0.6 is 23.2 Å². The fraction of sp³-hybridized carbons (Fsp3) is 0. The van der Waals surface area contributed by atoms with Gasteiger partial charge in [-0.05, 0) is 24.3 Å². The number of aromatic carboxylic acids is 1. The highest BCUT2D eigenvalue weighted by atomic mass is 35.5. The predicted molar refractivity (Wildman–Crippen MR) is 79.5 cm³/mol. The monoisotopic (exact) mass is 325 g/mol. The van der Waals surface area contributed by atoms with Crippen molar-refractivity contribution in [2.75, 3.05) is 5.32 Å². The second-order valence-electron chi connectivity index (χ2n) is 4.09. The van der Waals surface area contributed by atoms with Crippen LogP contribution in [0.15, 0.2) is 36.4 Å². The van der Waals surface area contributed by atoms with E-state index in [1.54, 1.807) is 12.1 Å². The van der Waals surface area contributed by atoms with E-state index >= 15 is 0 Å². The molecule has 21 heavy (non-hydrogen) atoms. The van der Waals surface area contributed by atoms with Gasteiger partial charge in [0, 0.05) is 5.02 Å². The first-order valence-corrected chi connectivity index (χ1v) is 6.47. The van der Waals surface area contributed by atoms with E-state index in [0.717, 1.165) is 0 Å². The summed E-state index contributed by atoms with van der Waals surface area (Å²) in [5.41, 5.74) is -0.321. The number of phenolic OH excluding ortho intramolecular Hbond substituents is 1. The number of aromatic hydroxyl groups is 1. The standard InChI is InChI=1S/C14H9Cl2NO4/c15-7-5-9(14(20)21)12(10(16)6-7)17-13(19)8-3-1-2-4-11(8)18/h1-6,18H,(H,17,19)(H,20,21). The summed E-state index contributed by atoms with van der Waals surface area (Å²) in [6.07, 6.45) is 0. The van der Waals surface area contributed by atoms with Crippen LogP contribution in [0.4, 0.5) is 5.69 Å². The van der Waals surface area contributed by atoms with Crippen LogP contribution in [0.2, 0.25) is 10.0 Å². The zero-order valence-electron chi connectivity index (χ0n) is 10.4. The summed E-state index contributed by atoms with van der Waals surface area (Å²) in [5, 5.41) is 21.3. The van der Waals surface area contributed by atoms with Crippen molar-refractivity contribution in [2.24, 2.45) is 0 Å². The normalized spacial score (nSPS) is 10.2. The summed E-state index contributed by atoms with van der Waals surface area (Å²) in [4.78, 5) is 23.3. The Kier molecular flexibility index (Phi) is 4.35. The van der Waals surface area contributed by atoms with Crippen molar-refractivity contribution in [1.29, 1.82) is 0 Å². The second-order valence-corrected chi connectivity index (χ2v) is 4.93. The van der Waals surface area contributed by atoms with Gasteiger partial charge in [0.25, 0.3) is 5.91 Å². The van der Waals surface area contributed by atoms with Gasteiger partial charge in [-0.25, -0.2) is 4.79 Å². The Morgan fingerprint density at radius 1 is 1.05 bits per heavy atom. The molecule has 0 bridgehead atoms. The average molecular weight is 326 g/mol. The Labute approximate surface area is 129 Å². The van der Waals surface area contributed by atoms with Gasteiger partial charge in [-0.2, -0.15) is 0 Å². The Morgan fingerprint density at radius 2 is 1.71 bits per heavy atom. The zero-order chi connectivity index (χ0) is 15.6. The molecule has 0 spiro atoms. The number of nitrogens with one attached hydrogen (secondary N) is 1. The summed E-state index contributed by atoms with van der Waals surface area (Å²) in [5.74, 6) is -2.19. The van der Waals surface area contributed by atoms with Crippen molar-refractivity contribution < 1.29 is 19.8 Å². The number of benzene rings is 2. The minimum atomic E-state index is -1.29. The molecule has 0 saturated heterocycles.